The summed E-state index contributed by atoms with van der Waals surface area (Å²) < 4.78 is 0. The number of hydrogen-bond donors (Lipinski definition) is 1. The van der Waals surface area contributed by atoms with Crippen LogP contribution in [0.1, 0.15) is 19.3 Å². The molecule has 0 aromatic carbocycles. The molecule has 11 heavy (non-hydrogen) atoms. The van der Waals surface area contributed by atoms with E-state index < -0.39 is 0 Å². The first-order valence-electron chi connectivity index (χ1n) is 4.34. The summed E-state index contributed by atoms with van der Waals surface area (Å²) in [6, 6.07) is 1.29. The van der Waals surface area contributed by atoms with Crippen LogP contribution in [0.2, 0.25) is 0 Å². The average molecular weight is 154 g/mol. The molecule has 1 heterocycles. The molecule has 1 aliphatic heterocycles. The second kappa shape index (κ2) is 2.81. The van der Waals surface area contributed by atoms with Crippen LogP contribution >= 0.6 is 0 Å². The standard InChI is InChI=1S/C8H14N2O/c11-6-9-7-4-10(5-7)8-2-1-3-8/h6-8H,1-5H2,(H,9,11). The van der Waals surface area contributed by atoms with Crippen molar-refractivity contribution in [1.29, 1.82) is 0 Å². The fourth-order valence-electron chi connectivity index (χ4n) is 1.76. The first-order valence-corrected chi connectivity index (χ1v) is 4.34. The normalized spacial score (nSPS) is 27.3. The Morgan fingerprint density at radius 2 is 2.09 bits per heavy atom. The Hall–Kier alpha value is -0.570. The molecule has 3 nitrogen and oxygen atoms in total. The van der Waals surface area contributed by atoms with Gasteiger partial charge in [0.25, 0.3) is 0 Å². The van der Waals surface area contributed by atoms with Crippen LogP contribution < -0.4 is 5.32 Å². The summed E-state index contributed by atoms with van der Waals surface area (Å²) in [4.78, 5) is 12.5. The lowest BCUT2D eigenvalue weighted by atomic mass is 9.88. The molecule has 0 spiro atoms. The number of hydrogen-bond acceptors (Lipinski definition) is 2. The van der Waals surface area contributed by atoms with Crippen molar-refractivity contribution in [2.75, 3.05) is 13.1 Å². The van der Waals surface area contributed by atoms with Gasteiger partial charge >= 0.3 is 0 Å². The summed E-state index contributed by atoms with van der Waals surface area (Å²) in [5, 5.41) is 2.79. The highest BCUT2D eigenvalue weighted by atomic mass is 16.1. The van der Waals surface area contributed by atoms with Crippen LogP contribution in [0, 0.1) is 0 Å². The zero-order valence-corrected chi connectivity index (χ0v) is 6.62. The molecule has 1 aliphatic carbocycles. The van der Waals surface area contributed by atoms with Crippen LogP contribution in [0.15, 0.2) is 0 Å². The zero-order valence-electron chi connectivity index (χ0n) is 6.62. The SMILES string of the molecule is O=CNC1CN(C2CCC2)C1. The van der Waals surface area contributed by atoms with E-state index in [1.54, 1.807) is 0 Å². The van der Waals surface area contributed by atoms with Gasteiger partial charge in [0.1, 0.15) is 0 Å². The average Bonchev–Trinajstić information content (AvgIpc) is 1.79. The summed E-state index contributed by atoms with van der Waals surface area (Å²) >= 11 is 0. The van der Waals surface area contributed by atoms with Crippen molar-refractivity contribution in [3.05, 3.63) is 0 Å². The van der Waals surface area contributed by atoms with E-state index in [9.17, 15) is 4.79 Å². The number of nitrogens with one attached hydrogen (secondary N) is 1. The van der Waals surface area contributed by atoms with Crippen LogP contribution in [0.4, 0.5) is 0 Å². The number of carbonyl (C=O) groups is 1. The lowest BCUT2D eigenvalue weighted by Crippen LogP contribution is -2.62. The van der Waals surface area contributed by atoms with Gasteiger partial charge in [0, 0.05) is 19.1 Å². The lowest BCUT2D eigenvalue weighted by Gasteiger charge is -2.47. The van der Waals surface area contributed by atoms with Gasteiger partial charge < -0.3 is 5.32 Å². The van der Waals surface area contributed by atoms with Gasteiger partial charge in [-0.05, 0) is 12.8 Å². The van der Waals surface area contributed by atoms with Crippen LogP contribution in [-0.4, -0.2) is 36.5 Å². The Morgan fingerprint density at radius 1 is 1.36 bits per heavy atom. The van der Waals surface area contributed by atoms with Crippen LogP contribution in [0.25, 0.3) is 0 Å². The highest BCUT2D eigenvalue weighted by Crippen LogP contribution is 2.28. The van der Waals surface area contributed by atoms with E-state index in [1.807, 2.05) is 0 Å². The molecular formula is C8H14N2O. The largest absolute Gasteiger partial charge is 0.353 e. The minimum Gasteiger partial charge on any atom is -0.353 e. The third-order valence-corrected chi connectivity index (χ3v) is 2.80. The quantitative estimate of drug-likeness (QED) is 0.579. The lowest BCUT2D eigenvalue weighted by molar-refractivity contribution is -0.111. The van der Waals surface area contributed by atoms with Gasteiger partial charge in [0.05, 0.1) is 6.04 Å². The number of rotatable bonds is 3. The van der Waals surface area contributed by atoms with Crippen LogP contribution in [0.3, 0.4) is 0 Å². The Labute approximate surface area is 66.8 Å². The third kappa shape index (κ3) is 1.25. The molecule has 0 radical (unpaired) electrons. The molecule has 0 unspecified atom stereocenters. The van der Waals surface area contributed by atoms with Gasteiger partial charge in [0.2, 0.25) is 6.41 Å². The predicted molar refractivity (Wildman–Crippen MR) is 42.2 cm³/mol. The molecular weight excluding hydrogens is 140 g/mol. The highest BCUT2D eigenvalue weighted by molar-refractivity contribution is 5.47. The summed E-state index contributed by atoms with van der Waals surface area (Å²) in [6.07, 6.45) is 4.94. The number of carbonyl (C=O) groups excluding carboxylic acids is 1. The number of nitrogens with zero attached hydrogens (tertiary/aromatic N) is 1. The van der Waals surface area contributed by atoms with Gasteiger partial charge in [0.15, 0.2) is 0 Å². The molecule has 3 heteroatoms. The van der Waals surface area contributed by atoms with E-state index in [2.05, 4.69) is 10.2 Å². The van der Waals surface area contributed by atoms with Crippen molar-refractivity contribution in [2.45, 2.75) is 31.3 Å². The second-order valence-electron chi connectivity index (χ2n) is 3.52. The Balaban J connectivity index is 1.66. The van der Waals surface area contributed by atoms with Crippen molar-refractivity contribution in [1.82, 2.24) is 10.2 Å². The molecule has 2 fully saturated rings. The van der Waals surface area contributed by atoms with E-state index in [1.165, 1.54) is 19.3 Å². The molecule has 0 atom stereocenters. The molecule has 1 N–H and O–H groups in total. The van der Waals surface area contributed by atoms with Crippen molar-refractivity contribution >= 4 is 6.41 Å². The van der Waals surface area contributed by atoms with E-state index in [0.717, 1.165) is 25.5 Å². The fraction of sp³-hybridized carbons (Fsp3) is 0.875. The maximum atomic E-state index is 10.0. The van der Waals surface area contributed by atoms with E-state index >= 15 is 0 Å². The molecule has 1 saturated carbocycles. The Kier molecular flexibility index (Phi) is 1.82. The molecule has 0 aromatic rings. The van der Waals surface area contributed by atoms with Gasteiger partial charge in [-0.3, -0.25) is 9.69 Å². The molecule has 2 rings (SSSR count). The minimum atomic E-state index is 0.438. The monoisotopic (exact) mass is 154 g/mol. The Morgan fingerprint density at radius 3 is 2.55 bits per heavy atom. The third-order valence-electron chi connectivity index (χ3n) is 2.80. The van der Waals surface area contributed by atoms with E-state index in [-0.39, 0.29) is 0 Å². The Bertz CT molecular complexity index is 150. The minimum absolute atomic E-state index is 0.438. The van der Waals surface area contributed by atoms with Crippen LogP contribution in [0.5, 0.6) is 0 Å². The van der Waals surface area contributed by atoms with Gasteiger partial charge in [-0.25, -0.2) is 0 Å². The molecule has 62 valence electrons. The number of likely N-dealkylation sites (tertiary alicyclic amines) is 1. The molecule has 1 amide bonds. The fourth-order valence-corrected chi connectivity index (χ4v) is 1.76. The van der Waals surface area contributed by atoms with Crippen molar-refractivity contribution in [3.63, 3.8) is 0 Å². The summed E-state index contributed by atoms with van der Waals surface area (Å²) in [7, 11) is 0. The maximum Gasteiger partial charge on any atom is 0.207 e. The van der Waals surface area contributed by atoms with Crippen LogP contribution in [-0.2, 0) is 4.79 Å². The van der Waals surface area contributed by atoms with E-state index in [0.29, 0.717) is 6.04 Å². The maximum absolute atomic E-state index is 10.0. The molecule has 0 bridgehead atoms. The first kappa shape index (κ1) is 7.10. The van der Waals surface area contributed by atoms with Gasteiger partial charge in [-0.2, -0.15) is 0 Å². The molecule has 0 aromatic heterocycles. The first-order chi connectivity index (χ1) is 5.40. The van der Waals surface area contributed by atoms with Crippen molar-refractivity contribution in [2.24, 2.45) is 0 Å². The van der Waals surface area contributed by atoms with Crippen molar-refractivity contribution < 1.29 is 4.79 Å². The van der Waals surface area contributed by atoms with Gasteiger partial charge in [-0.1, -0.05) is 6.42 Å². The highest BCUT2D eigenvalue weighted by Gasteiger charge is 2.34. The summed E-state index contributed by atoms with van der Waals surface area (Å²) in [6.45, 7) is 2.15. The smallest absolute Gasteiger partial charge is 0.207 e. The van der Waals surface area contributed by atoms with E-state index in [4.69, 9.17) is 0 Å². The summed E-state index contributed by atoms with van der Waals surface area (Å²) in [5.74, 6) is 0. The van der Waals surface area contributed by atoms with Gasteiger partial charge in [-0.15, -0.1) is 0 Å². The van der Waals surface area contributed by atoms with Crippen molar-refractivity contribution in [3.8, 4) is 0 Å². The molecule has 2 aliphatic rings. The second-order valence-corrected chi connectivity index (χ2v) is 3.52. The molecule has 1 saturated heterocycles. The zero-order chi connectivity index (χ0) is 7.68. The predicted octanol–water partition coefficient (Wildman–Crippen LogP) is -0.0309. The summed E-state index contributed by atoms with van der Waals surface area (Å²) in [5.41, 5.74) is 0. The number of amides is 1. The topological polar surface area (TPSA) is 32.3 Å².